The normalized spacial score (nSPS) is 18.8. The summed E-state index contributed by atoms with van der Waals surface area (Å²) in [7, 11) is 0. The third kappa shape index (κ3) is 3.16. The Kier molecular flexibility index (Phi) is 4.36. The summed E-state index contributed by atoms with van der Waals surface area (Å²) in [4.78, 5) is 16.9. The number of rotatable bonds is 4. The van der Waals surface area contributed by atoms with E-state index >= 15 is 0 Å². The molecule has 0 aromatic carbocycles. The van der Waals surface area contributed by atoms with E-state index in [4.69, 9.17) is 10.5 Å². The number of thiophene rings is 1. The van der Waals surface area contributed by atoms with Gasteiger partial charge < -0.3 is 15.8 Å². The zero-order valence-corrected chi connectivity index (χ0v) is 12.6. The average Bonchev–Trinajstić information content (AvgIpc) is 2.86. The number of ether oxygens (including phenoxy) is 1. The van der Waals surface area contributed by atoms with Gasteiger partial charge in [0.15, 0.2) is 0 Å². The number of nitrogens with one attached hydrogen (secondary N) is 1. The molecule has 3 N–H and O–H groups in total. The van der Waals surface area contributed by atoms with E-state index in [0.717, 1.165) is 36.0 Å². The van der Waals surface area contributed by atoms with Gasteiger partial charge in [0.2, 0.25) is 0 Å². The van der Waals surface area contributed by atoms with Gasteiger partial charge in [0.25, 0.3) is 5.91 Å². The van der Waals surface area contributed by atoms with Crippen molar-refractivity contribution in [2.24, 2.45) is 0 Å². The first-order chi connectivity index (χ1) is 10.3. The number of hydrogen-bond donors (Lipinski definition) is 2. The van der Waals surface area contributed by atoms with Crippen LogP contribution in [-0.2, 0) is 4.74 Å². The number of anilines is 1. The number of hydrogen-bond acceptors (Lipinski definition) is 5. The van der Waals surface area contributed by atoms with Crippen LogP contribution in [-0.4, -0.2) is 30.1 Å². The molecule has 6 heteroatoms. The Balaban J connectivity index is 1.60. The topological polar surface area (TPSA) is 77.2 Å². The highest BCUT2D eigenvalue weighted by molar-refractivity contribution is 7.21. The summed E-state index contributed by atoms with van der Waals surface area (Å²) in [6, 6.07) is 1.84. The molecule has 112 valence electrons. The molecule has 0 aliphatic carbocycles. The number of aromatic nitrogens is 1. The summed E-state index contributed by atoms with van der Waals surface area (Å²) in [6.07, 6.45) is 8.02. The minimum atomic E-state index is -0.107. The molecule has 0 saturated carbocycles. The highest BCUT2D eigenvalue weighted by Crippen LogP contribution is 2.32. The molecule has 1 atom stereocenters. The van der Waals surface area contributed by atoms with Crippen molar-refractivity contribution in [1.29, 1.82) is 0 Å². The lowest BCUT2D eigenvalue weighted by Crippen LogP contribution is -2.29. The van der Waals surface area contributed by atoms with Gasteiger partial charge in [-0.25, -0.2) is 0 Å². The van der Waals surface area contributed by atoms with Crippen LogP contribution in [0.4, 0.5) is 5.69 Å². The van der Waals surface area contributed by atoms with E-state index in [2.05, 4.69) is 10.3 Å². The minimum absolute atomic E-state index is 0.107. The zero-order chi connectivity index (χ0) is 14.7. The second-order valence-electron chi connectivity index (χ2n) is 5.25. The fraction of sp³-hybridized carbons (Fsp3) is 0.467. The maximum atomic E-state index is 12.2. The summed E-state index contributed by atoms with van der Waals surface area (Å²) in [5, 5.41) is 3.84. The molecule has 2 aromatic rings. The Bertz CT molecular complexity index is 635. The summed E-state index contributed by atoms with van der Waals surface area (Å²) in [5.74, 6) is -0.107. The minimum Gasteiger partial charge on any atom is -0.397 e. The van der Waals surface area contributed by atoms with E-state index in [1.54, 1.807) is 12.4 Å². The SMILES string of the molecule is Nc1c(C(=O)NCCC2CCCCO2)sc2cnccc12. The van der Waals surface area contributed by atoms with E-state index in [0.29, 0.717) is 17.1 Å². The third-order valence-electron chi connectivity index (χ3n) is 3.76. The first kappa shape index (κ1) is 14.3. The molecular formula is C15H19N3O2S. The van der Waals surface area contributed by atoms with Gasteiger partial charge in [-0.1, -0.05) is 0 Å². The first-order valence-corrected chi connectivity index (χ1v) is 8.09. The van der Waals surface area contributed by atoms with Crippen LogP contribution in [0.1, 0.15) is 35.4 Å². The molecule has 3 rings (SSSR count). The van der Waals surface area contributed by atoms with E-state index < -0.39 is 0 Å². The number of nitrogens with zero attached hydrogens (tertiary/aromatic N) is 1. The van der Waals surface area contributed by atoms with Crippen molar-refractivity contribution in [2.75, 3.05) is 18.9 Å². The van der Waals surface area contributed by atoms with E-state index in [9.17, 15) is 4.79 Å². The molecule has 1 saturated heterocycles. The highest BCUT2D eigenvalue weighted by Gasteiger charge is 2.17. The van der Waals surface area contributed by atoms with Gasteiger partial charge >= 0.3 is 0 Å². The lowest BCUT2D eigenvalue weighted by atomic mass is 10.1. The van der Waals surface area contributed by atoms with Gasteiger partial charge in [0.1, 0.15) is 4.88 Å². The maximum absolute atomic E-state index is 12.2. The number of amides is 1. The maximum Gasteiger partial charge on any atom is 0.263 e. The molecule has 3 heterocycles. The molecule has 5 nitrogen and oxygen atoms in total. The predicted molar refractivity (Wildman–Crippen MR) is 84.6 cm³/mol. The van der Waals surface area contributed by atoms with Crippen LogP contribution in [0.15, 0.2) is 18.5 Å². The predicted octanol–water partition coefficient (Wildman–Crippen LogP) is 2.57. The summed E-state index contributed by atoms with van der Waals surface area (Å²) in [6.45, 7) is 1.46. The summed E-state index contributed by atoms with van der Waals surface area (Å²) < 4.78 is 6.60. The lowest BCUT2D eigenvalue weighted by molar-refractivity contribution is 0.0117. The average molecular weight is 305 g/mol. The van der Waals surface area contributed by atoms with Gasteiger partial charge in [0, 0.05) is 30.9 Å². The molecule has 1 unspecified atom stereocenters. The number of carbonyl (C=O) groups excluding carboxylic acids is 1. The van der Waals surface area contributed by atoms with Crippen molar-refractivity contribution >= 4 is 33.0 Å². The quantitative estimate of drug-likeness (QED) is 0.910. The molecule has 0 bridgehead atoms. The Morgan fingerprint density at radius 1 is 1.52 bits per heavy atom. The Labute approximate surface area is 127 Å². The van der Waals surface area contributed by atoms with Crippen LogP contribution in [0.25, 0.3) is 10.1 Å². The third-order valence-corrected chi connectivity index (χ3v) is 4.92. The summed E-state index contributed by atoms with van der Waals surface area (Å²) >= 11 is 1.39. The number of nitrogens with two attached hydrogens (primary N) is 1. The Morgan fingerprint density at radius 3 is 3.19 bits per heavy atom. The van der Waals surface area contributed by atoms with Crippen molar-refractivity contribution in [1.82, 2.24) is 10.3 Å². The van der Waals surface area contributed by atoms with Crippen LogP contribution in [0.2, 0.25) is 0 Å². The number of pyridine rings is 1. The first-order valence-electron chi connectivity index (χ1n) is 7.27. The van der Waals surface area contributed by atoms with E-state index in [-0.39, 0.29) is 12.0 Å². The van der Waals surface area contributed by atoms with Crippen LogP contribution < -0.4 is 11.1 Å². The monoisotopic (exact) mass is 305 g/mol. The van der Waals surface area contributed by atoms with Crippen molar-refractivity contribution in [2.45, 2.75) is 31.8 Å². The molecule has 21 heavy (non-hydrogen) atoms. The van der Waals surface area contributed by atoms with Crippen molar-refractivity contribution in [3.63, 3.8) is 0 Å². The van der Waals surface area contributed by atoms with Crippen LogP contribution in [0, 0.1) is 0 Å². The number of nitrogen functional groups attached to an aromatic ring is 1. The van der Waals surface area contributed by atoms with Crippen LogP contribution in [0.3, 0.4) is 0 Å². The summed E-state index contributed by atoms with van der Waals surface area (Å²) in [5.41, 5.74) is 6.60. The molecule has 1 amide bonds. The van der Waals surface area contributed by atoms with Crippen molar-refractivity contribution in [3.8, 4) is 0 Å². The largest absolute Gasteiger partial charge is 0.397 e. The smallest absolute Gasteiger partial charge is 0.263 e. The highest BCUT2D eigenvalue weighted by atomic mass is 32.1. The molecular weight excluding hydrogens is 286 g/mol. The Morgan fingerprint density at radius 2 is 2.43 bits per heavy atom. The van der Waals surface area contributed by atoms with Crippen LogP contribution in [0.5, 0.6) is 0 Å². The van der Waals surface area contributed by atoms with Gasteiger partial charge in [-0.05, 0) is 31.7 Å². The van der Waals surface area contributed by atoms with E-state index in [1.807, 2.05) is 6.07 Å². The van der Waals surface area contributed by atoms with Crippen LogP contribution >= 0.6 is 11.3 Å². The second kappa shape index (κ2) is 6.41. The molecule has 0 spiro atoms. The standard InChI is InChI=1S/C15H19N3O2S/c16-13-11-5-6-17-9-12(11)21-14(13)15(19)18-7-4-10-3-1-2-8-20-10/h5-6,9-10H,1-4,7-8,16H2,(H,18,19). The number of fused-ring (bicyclic) bond motifs is 1. The lowest BCUT2D eigenvalue weighted by Gasteiger charge is -2.22. The fourth-order valence-electron chi connectivity index (χ4n) is 2.60. The molecule has 0 radical (unpaired) electrons. The van der Waals surface area contributed by atoms with E-state index in [1.165, 1.54) is 17.8 Å². The van der Waals surface area contributed by atoms with Gasteiger partial charge in [-0.3, -0.25) is 9.78 Å². The molecule has 2 aromatic heterocycles. The second-order valence-corrected chi connectivity index (χ2v) is 6.30. The molecule has 1 aliphatic rings. The van der Waals surface area contributed by atoms with Crippen molar-refractivity contribution < 1.29 is 9.53 Å². The zero-order valence-electron chi connectivity index (χ0n) is 11.8. The van der Waals surface area contributed by atoms with Gasteiger partial charge in [0.05, 0.1) is 16.5 Å². The number of carbonyl (C=O) groups is 1. The molecule has 1 aliphatic heterocycles. The fourth-order valence-corrected chi connectivity index (χ4v) is 3.61. The van der Waals surface area contributed by atoms with Gasteiger partial charge in [-0.15, -0.1) is 11.3 Å². The molecule has 1 fully saturated rings. The Hall–Kier alpha value is -1.66. The van der Waals surface area contributed by atoms with Crippen molar-refractivity contribution in [3.05, 3.63) is 23.3 Å². The van der Waals surface area contributed by atoms with Gasteiger partial charge in [-0.2, -0.15) is 0 Å².